The molecular weight excluding hydrogens is 260 g/mol. The first-order valence-corrected chi connectivity index (χ1v) is 7.54. The topological polar surface area (TPSA) is 41.1 Å². The number of nitrogens with one attached hydrogen (secondary N) is 2. The van der Waals surface area contributed by atoms with Gasteiger partial charge in [0.15, 0.2) is 0 Å². The van der Waals surface area contributed by atoms with Crippen molar-refractivity contribution in [3.05, 3.63) is 59.2 Å². The first-order chi connectivity index (χ1) is 10.3. The van der Waals surface area contributed by atoms with Crippen LogP contribution in [0.25, 0.3) is 0 Å². The molecule has 2 aromatic rings. The van der Waals surface area contributed by atoms with Gasteiger partial charge in [0.2, 0.25) is 0 Å². The molecule has 3 heteroatoms. The van der Waals surface area contributed by atoms with Crippen molar-refractivity contribution < 1.29 is 4.79 Å². The zero-order valence-corrected chi connectivity index (χ0v) is 12.3. The molecule has 0 unspecified atom stereocenters. The van der Waals surface area contributed by atoms with Crippen LogP contribution in [0.1, 0.15) is 34.8 Å². The van der Waals surface area contributed by atoms with Crippen LogP contribution in [0, 0.1) is 0 Å². The number of amides is 1. The molecular formula is C18H20N2O. The molecule has 1 amide bonds. The summed E-state index contributed by atoms with van der Waals surface area (Å²) in [5.74, 6) is -0.0570. The molecule has 0 radical (unpaired) electrons. The smallest absolute Gasteiger partial charge is 0.255 e. The van der Waals surface area contributed by atoms with Crippen LogP contribution in [-0.2, 0) is 12.8 Å². The van der Waals surface area contributed by atoms with Gasteiger partial charge >= 0.3 is 0 Å². The standard InChI is InChI=1S/C18H20N2O/c1-2-13-8-10-15(11-9-13)18(21)20-16-7-3-5-14-6-4-12-19-17(14)16/h3,5,7-11,19H,2,4,6,12H2,1H3,(H,20,21). The van der Waals surface area contributed by atoms with E-state index >= 15 is 0 Å². The summed E-state index contributed by atoms with van der Waals surface area (Å²) in [6, 6.07) is 13.9. The summed E-state index contributed by atoms with van der Waals surface area (Å²) in [7, 11) is 0. The maximum absolute atomic E-state index is 12.4. The van der Waals surface area contributed by atoms with Crippen LogP contribution >= 0.6 is 0 Å². The zero-order valence-electron chi connectivity index (χ0n) is 12.3. The van der Waals surface area contributed by atoms with Crippen molar-refractivity contribution in [2.24, 2.45) is 0 Å². The van der Waals surface area contributed by atoms with Gasteiger partial charge in [0.05, 0.1) is 11.4 Å². The maximum atomic E-state index is 12.4. The highest BCUT2D eigenvalue weighted by Gasteiger charge is 2.14. The van der Waals surface area contributed by atoms with Crippen LogP contribution in [0.15, 0.2) is 42.5 Å². The van der Waals surface area contributed by atoms with Crippen LogP contribution < -0.4 is 10.6 Å². The minimum atomic E-state index is -0.0570. The zero-order chi connectivity index (χ0) is 14.7. The molecule has 3 nitrogen and oxygen atoms in total. The van der Waals surface area contributed by atoms with Gasteiger partial charge in [-0.15, -0.1) is 0 Å². The summed E-state index contributed by atoms with van der Waals surface area (Å²) in [6.07, 6.45) is 3.19. The number of aryl methyl sites for hydroxylation is 2. The third-order valence-electron chi connectivity index (χ3n) is 3.95. The van der Waals surface area contributed by atoms with Gasteiger partial charge in [-0.25, -0.2) is 0 Å². The third kappa shape index (κ3) is 2.92. The average molecular weight is 280 g/mol. The molecule has 0 fully saturated rings. The molecule has 2 aromatic carbocycles. The lowest BCUT2D eigenvalue weighted by Crippen LogP contribution is -2.17. The Morgan fingerprint density at radius 3 is 2.76 bits per heavy atom. The molecule has 0 aliphatic carbocycles. The number of fused-ring (bicyclic) bond motifs is 1. The van der Waals surface area contributed by atoms with Gasteiger partial charge in [0.1, 0.15) is 0 Å². The fraction of sp³-hybridized carbons (Fsp3) is 0.278. The molecule has 108 valence electrons. The Labute approximate surface area is 125 Å². The number of carbonyl (C=O) groups is 1. The first kappa shape index (κ1) is 13.7. The molecule has 0 bridgehead atoms. The minimum absolute atomic E-state index is 0.0570. The quantitative estimate of drug-likeness (QED) is 0.896. The number of para-hydroxylation sites is 1. The van der Waals surface area contributed by atoms with Crippen molar-refractivity contribution in [1.29, 1.82) is 0 Å². The molecule has 0 saturated heterocycles. The Morgan fingerprint density at radius 1 is 1.19 bits per heavy atom. The van der Waals surface area contributed by atoms with E-state index in [1.165, 1.54) is 11.1 Å². The van der Waals surface area contributed by atoms with Crippen molar-refractivity contribution in [1.82, 2.24) is 0 Å². The lowest BCUT2D eigenvalue weighted by molar-refractivity contribution is 0.102. The summed E-state index contributed by atoms with van der Waals surface area (Å²) in [5.41, 5.74) is 5.16. The number of hydrogen-bond donors (Lipinski definition) is 2. The van der Waals surface area contributed by atoms with Crippen molar-refractivity contribution in [2.45, 2.75) is 26.2 Å². The Hall–Kier alpha value is -2.29. The first-order valence-electron chi connectivity index (χ1n) is 7.54. The Kier molecular flexibility index (Phi) is 3.91. The monoisotopic (exact) mass is 280 g/mol. The largest absolute Gasteiger partial charge is 0.383 e. The Bertz CT molecular complexity index is 647. The van der Waals surface area contributed by atoms with E-state index in [0.717, 1.165) is 37.2 Å². The van der Waals surface area contributed by atoms with E-state index in [1.54, 1.807) is 0 Å². The highest BCUT2D eigenvalue weighted by atomic mass is 16.1. The summed E-state index contributed by atoms with van der Waals surface area (Å²) in [5, 5.41) is 6.41. The van der Waals surface area contributed by atoms with Crippen LogP contribution in [0.4, 0.5) is 11.4 Å². The van der Waals surface area contributed by atoms with Gasteiger partial charge in [-0.3, -0.25) is 4.79 Å². The minimum Gasteiger partial charge on any atom is -0.383 e. The van der Waals surface area contributed by atoms with E-state index in [1.807, 2.05) is 36.4 Å². The molecule has 3 rings (SSSR count). The SMILES string of the molecule is CCc1ccc(C(=O)Nc2cccc3c2NCCC3)cc1. The fourth-order valence-electron chi connectivity index (χ4n) is 2.70. The number of carbonyl (C=O) groups excluding carboxylic acids is 1. The average Bonchev–Trinajstić information content (AvgIpc) is 2.55. The summed E-state index contributed by atoms with van der Waals surface area (Å²) in [6.45, 7) is 3.07. The van der Waals surface area contributed by atoms with Gasteiger partial charge in [0, 0.05) is 12.1 Å². The number of anilines is 2. The molecule has 2 N–H and O–H groups in total. The number of benzene rings is 2. The van der Waals surface area contributed by atoms with Crippen LogP contribution in [0.5, 0.6) is 0 Å². The van der Waals surface area contributed by atoms with Crippen molar-refractivity contribution in [3.63, 3.8) is 0 Å². The second-order valence-electron chi connectivity index (χ2n) is 5.37. The van der Waals surface area contributed by atoms with Gasteiger partial charge in [-0.1, -0.05) is 31.2 Å². The lowest BCUT2D eigenvalue weighted by Gasteiger charge is -2.21. The van der Waals surface area contributed by atoms with E-state index < -0.39 is 0 Å². The summed E-state index contributed by atoms with van der Waals surface area (Å²) < 4.78 is 0. The van der Waals surface area contributed by atoms with Crippen LogP contribution in [0.2, 0.25) is 0 Å². The predicted molar refractivity (Wildman–Crippen MR) is 87.0 cm³/mol. The highest BCUT2D eigenvalue weighted by molar-refractivity contribution is 6.06. The second kappa shape index (κ2) is 6.00. The lowest BCUT2D eigenvalue weighted by atomic mass is 10.0. The van der Waals surface area contributed by atoms with Gasteiger partial charge < -0.3 is 10.6 Å². The van der Waals surface area contributed by atoms with Gasteiger partial charge in [-0.2, -0.15) is 0 Å². The maximum Gasteiger partial charge on any atom is 0.255 e. The normalized spacial score (nSPS) is 13.2. The van der Waals surface area contributed by atoms with Crippen molar-refractivity contribution in [2.75, 3.05) is 17.2 Å². The fourth-order valence-corrected chi connectivity index (χ4v) is 2.70. The van der Waals surface area contributed by atoms with Crippen molar-refractivity contribution >= 4 is 17.3 Å². The van der Waals surface area contributed by atoms with E-state index in [0.29, 0.717) is 5.56 Å². The Balaban J connectivity index is 1.81. The molecule has 0 atom stereocenters. The molecule has 1 aliphatic rings. The molecule has 1 heterocycles. The van der Waals surface area contributed by atoms with Gasteiger partial charge in [0.25, 0.3) is 5.91 Å². The second-order valence-corrected chi connectivity index (χ2v) is 5.37. The van der Waals surface area contributed by atoms with E-state index in [-0.39, 0.29) is 5.91 Å². The molecule has 1 aliphatic heterocycles. The molecule has 0 spiro atoms. The van der Waals surface area contributed by atoms with Crippen LogP contribution in [0.3, 0.4) is 0 Å². The van der Waals surface area contributed by atoms with Crippen LogP contribution in [-0.4, -0.2) is 12.5 Å². The third-order valence-corrected chi connectivity index (χ3v) is 3.95. The highest BCUT2D eigenvalue weighted by Crippen LogP contribution is 2.30. The van der Waals surface area contributed by atoms with Gasteiger partial charge in [-0.05, 0) is 48.6 Å². The molecule has 0 saturated carbocycles. The van der Waals surface area contributed by atoms with E-state index in [4.69, 9.17) is 0 Å². The predicted octanol–water partition coefficient (Wildman–Crippen LogP) is 3.86. The number of rotatable bonds is 3. The molecule has 21 heavy (non-hydrogen) atoms. The van der Waals surface area contributed by atoms with Crippen molar-refractivity contribution in [3.8, 4) is 0 Å². The molecule has 0 aromatic heterocycles. The summed E-state index contributed by atoms with van der Waals surface area (Å²) in [4.78, 5) is 12.4. The van der Waals surface area contributed by atoms with E-state index in [9.17, 15) is 4.79 Å². The Morgan fingerprint density at radius 2 is 2.00 bits per heavy atom. The number of hydrogen-bond acceptors (Lipinski definition) is 2. The summed E-state index contributed by atoms with van der Waals surface area (Å²) >= 11 is 0. The van der Waals surface area contributed by atoms with E-state index in [2.05, 4.69) is 23.6 Å².